The number of rotatable bonds is 7. The second-order valence-electron chi connectivity index (χ2n) is 8.17. The molecule has 0 aliphatic rings. The third-order valence-electron chi connectivity index (χ3n) is 5.61. The fourth-order valence-corrected chi connectivity index (χ4v) is 4.14. The Kier molecular flexibility index (Phi) is 6.18. The van der Waals surface area contributed by atoms with Crippen LogP contribution in [0.2, 0.25) is 0 Å². The molecule has 2 aromatic heterocycles. The third-order valence-corrected chi connectivity index (χ3v) is 5.61. The molecule has 2 aromatic carbocycles. The zero-order chi connectivity index (χ0) is 23.5. The van der Waals surface area contributed by atoms with E-state index in [1.54, 1.807) is 17.5 Å². The van der Waals surface area contributed by atoms with E-state index in [4.69, 9.17) is 0 Å². The summed E-state index contributed by atoms with van der Waals surface area (Å²) in [6.45, 7) is 5.26. The zero-order valence-corrected chi connectivity index (χ0v) is 19.0. The number of ketones is 1. The predicted octanol–water partition coefficient (Wildman–Crippen LogP) is 3.87. The van der Waals surface area contributed by atoms with Crippen LogP contribution in [-0.2, 0) is 24.2 Å². The van der Waals surface area contributed by atoms with Gasteiger partial charge < -0.3 is 0 Å². The van der Waals surface area contributed by atoms with Crippen LogP contribution in [0.4, 0.5) is 0 Å². The average Bonchev–Trinajstić information content (AvgIpc) is 3.20. The summed E-state index contributed by atoms with van der Waals surface area (Å²) in [6, 6.07) is 17.6. The normalized spacial score (nSPS) is 11.0. The molecule has 0 spiro atoms. The monoisotopic (exact) mass is 439 g/mol. The van der Waals surface area contributed by atoms with E-state index >= 15 is 0 Å². The molecule has 0 fully saturated rings. The maximum absolute atomic E-state index is 13.5. The van der Waals surface area contributed by atoms with E-state index < -0.39 is 0 Å². The van der Waals surface area contributed by atoms with Gasteiger partial charge in [0.25, 0.3) is 5.56 Å². The predicted molar refractivity (Wildman–Crippen MR) is 126 cm³/mol. The summed E-state index contributed by atoms with van der Waals surface area (Å²) < 4.78 is 3.14. The van der Waals surface area contributed by atoms with E-state index in [1.165, 1.54) is 11.5 Å². The van der Waals surface area contributed by atoms with Crippen LogP contribution in [-0.4, -0.2) is 24.9 Å². The van der Waals surface area contributed by atoms with Crippen LogP contribution in [0.25, 0.3) is 16.9 Å². The molecule has 7 nitrogen and oxygen atoms in total. The van der Waals surface area contributed by atoms with Crippen LogP contribution >= 0.6 is 0 Å². The van der Waals surface area contributed by atoms with Crippen molar-refractivity contribution >= 4 is 11.6 Å². The number of hydrogen-bond acceptors (Lipinski definition) is 5. The number of Topliss-reactive ketones (excluding diaryl/α,β-unsaturated/α-hetero) is 1. The van der Waals surface area contributed by atoms with Crippen LogP contribution < -0.4 is 5.56 Å². The number of carbonyl (C=O) groups is 1. The van der Waals surface area contributed by atoms with Crippen molar-refractivity contribution in [2.75, 3.05) is 0 Å². The van der Waals surface area contributed by atoms with Crippen molar-refractivity contribution < 1.29 is 4.79 Å². The molecule has 0 unspecified atom stereocenters. The fraction of sp³-hybridized carbons (Fsp3) is 0.269. The van der Waals surface area contributed by atoms with Gasteiger partial charge in [-0.1, -0.05) is 55.8 Å². The van der Waals surface area contributed by atoms with Gasteiger partial charge in [0.05, 0.1) is 23.9 Å². The summed E-state index contributed by atoms with van der Waals surface area (Å²) in [4.78, 5) is 29.8. The number of fused-ring (bicyclic) bond motifs is 1. The van der Waals surface area contributed by atoms with E-state index in [1.807, 2.05) is 42.5 Å². The third kappa shape index (κ3) is 4.33. The van der Waals surface area contributed by atoms with Crippen molar-refractivity contribution in [3.63, 3.8) is 0 Å². The maximum atomic E-state index is 13.5. The SMILES string of the molecule is CCCc1c(Cc2ccc(-c3ccccc3C#N)cc2)c(=O)n(CC(C)=O)c2nc(C)nn12. The van der Waals surface area contributed by atoms with Gasteiger partial charge in [0, 0.05) is 12.0 Å². The summed E-state index contributed by atoms with van der Waals surface area (Å²) in [5, 5.41) is 13.9. The largest absolute Gasteiger partial charge is 0.298 e. The number of hydrogen-bond donors (Lipinski definition) is 0. The second-order valence-corrected chi connectivity index (χ2v) is 8.17. The topological polar surface area (TPSA) is 93.0 Å². The quantitative estimate of drug-likeness (QED) is 0.436. The molecular weight excluding hydrogens is 414 g/mol. The molecule has 4 aromatic rings. The number of nitrogens with zero attached hydrogens (tertiary/aromatic N) is 5. The van der Waals surface area contributed by atoms with Crippen LogP contribution in [0, 0.1) is 18.3 Å². The van der Waals surface area contributed by atoms with Crippen molar-refractivity contribution in [2.45, 2.75) is 46.6 Å². The first-order valence-corrected chi connectivity index (χ1v) is 11.0. The van der Waals surface area contributed by atoms with E-state index in [0.717, 1.165) is 28.8 Å². The molecule has 0 amide bonds. The number of aryl methyl sites for hydroxylation is 2. The number of nitriles is 1. The van der Waals surface area contributed by atoms with Gasteiger partial charge in [0.2, 0.25) is 5.78 Å². The number of carbonyl (C=O) groups excluding carboxylic acids is 1. The Hall–Kier alpha value is -4.05. The molecule has 0 bridgehead atoms. The van der Waals surface area contributed by atoms with Gasteiger partial charge in [0.1, 0.15) is 11.6 Å². The summed E-state index contributed by atoms with van der Waals surface area (Å²) in [5.41, 5.74) is 4.66. The highest BCUT2D eigenvalue weighted by atomic mass is 16.1. The van der Waals surface area contributed by atoms with E-state index in [0.29, 0.717) is 35.6 Å². The minimum absolute atomic E-state index is 0.0379. The van der Waals surface area contributed by atoms with Gasteiger partial charge in [-0.25, -0.2) is 4.52 Å². The van der Waals surface area contributed by atoms with E-state index in [-0.39, 0.29) is 17.9 Å². The van der Waals surface area contributed by atoms with Crippen LogP contribution in [0.1, 0.15) is 48.5 Å². The maximum Gasteiger partial charge on any atom is 0.259 e. The summed E-state index contributed by atoms with van der Waals surface area (Å²) >= 11 is 0. The number of benzene rings is 2. The zero-order valence-electron chi connectivity index (χ0n) is 19.0. The first-order valence-electron chi connectivity index (χ1n) is 11.0. The van der Waals surface area contributed by atoms with Crippen molar-refractivity contribution in [2.24, 2.45) is 0 Å². The molecule has 0 aliphatic carbocycles. The van der Waals surface area contributed by atoms with Gasteiger partial charge in [0.15, 0.2) is 0 Å². The average molecular weight is 440 g/mol. The minimum atomic E-state index is -0.201. The molecule has 33 heavy (non-hydrogen) atoms. The lowest BCUT2D eigenvalue weighted by Gasteiger charge is -2.15. The van der Waals surface area contributed by atoms with Gasteiger partial charge in [-0.3, -0.25) is 14.2 Å². The van der Waals surface area contributed by atoms with Crippen molar-refractivity contribution in [3.8, 4) is 17.2 Å². The first-order chi connectivity index (χ1) is 15.9. The van der Waals surface area contributed by atoms with Crippen molar-refractivity contribution in [3.05, 3.63) is 87.1 Å². The first kappa shape index (κ1) is 22.2. The van der Waals surface area contributed by atoms with Crippen LogP contribution in [0.3, 0.4) is 0 Å². The van der Waals surface area contributed by atoms with E-state index in [2.05, 4.69) is 23.1 Å². The molecule has 4 rings (SSSR count). The highest BCUT2D eigenvalue weighted by molar-refractivity contribution is 5.75. The standard InChI is InChI=1S/C26H25N5O2/c1-4-7-24-23(25(33)30(16-17(2)32)26-28-18(3)29-31(24)26)14-19-10-12-20(13-11-19)22-9-6-5-8-21(22)15-27/h5-6,8-13H,4,7,14,16H2,1-3H3. The van der Waals surface area contributed by atoms with Crippen LogP contribution in [0.5, 0.6) is 0 Å². The minimum Gasteiger partial charge on any atom is -0.298 e. The smallest absolute Gasteiger partial charge is 0.259 e. The molecule has 7 heteroatoms. The Balaban J connectivity index is 1.80. The highest BCUT2D eigenvalue weighted by Crippen LogP contribution is 2.24. The lowest BCUT2D eigenvalue weighted by Crippen LogP contribution is -2.31. The van der Waals surface area contributed by atoms with Crippen molar-refractivity contribution in [1.29, 1.82) is 5.26 Å². The summed E-state index contributed by atoms with van der Waals surface area (Å²) in [7, 11) is 0. The van der Waals surface area contributed by atoms with Crippen LogP contribution in [0.15, 0.2) is 53.3 Å². The Labute approximate surface area is 192 Å². The molecule has 0 radical (unpaired) electrons. The molecule has 166 valence electrons. The molecule has 0 saturated heterocycles. The molecule has 0 aliphatic heterocycles. The summed E-state index contributed by atoms with van der Waals surface area (Å²) in [6.07, 6.45) is 1.94. The molecular formula is C26H25N5O2. The van der Waals surface area contributed by atoms with Gasteiger partial charge >= 0.3 is 0 Å². The molecule has 2 heterocycles. The molecule has 0 saturated carbocycles. The lowest BCUT2D eigenvalue weighted by atomic mass is 9.97. The van der Waals surface area contributed by atoms with Gasteiger partial charge in [-0.15, -0.1) is 0 Å². The lowest BCUT2D eigenvalue weighted by molar-refractivity contribution is -0.117. The fourth-order valence-electron chi connectivity index (χ4n) is 4.14. The highest BCUT2D eigenvalue weighted by Gasteiger charge is 2.20. The molecule has 0 atom stereocenters. The van der Waals surface area contributed by atoms with Crippen molar-refractivity contribution in [1.82, 2.24) is 19.2 Å². The Morgan fingerprint density at radius 1 is 1.12 bits per heavy atom. The Morgan fingerprint density at radius 2 is 1.85 bits per heavy atom. The second kappa shape index (κ2) is 9.21. The Morgan fingerprint density at radius 3 is 2.52 bits per heavy atom. The van der Waals surface area contributed by atoms with Gasteiger partial charge in [-0.2, -0.15) is 15.3 Å². The summed E-state index contributed by atoms with van der Waals surface area (Å²) in [5.74, 6) is 0.847. The van der Waals surface area contributed by atoms with Gasteiger partial charge in [-0.05, 0) is 43.0 Å². The number of aromatic nitrogens is 4. The molecule has 0 N–H and O–H groups in total. The van der Waals surface area contributed by atoms with E-state index in [9.17, 15) is 14.9 Å². The Bertz CT molecular complexity index is 1440.